The minimum absolute atomic E-state index is 0.720. The molecule has 1 atom stereocenters. The van der Waals surface area contributed by atoms with Gasteiger partial charge < -0.3 is 10.2 Å². The van der Waals surface area contributed by atoms with Crippen LogP contribution in [-0.2, 0) is 6.42 Å². The zero-order chi connectivity index (χ0) is 14.3. The molecule has 1 aromatic rings. The molecule has 1 unspecified atom stereocenters. The Hall–Kier alpha value is -0.380. The van der Waals surface area contributed by atoms with Crippen LogP contribution in [0.5, 0.6) is 0 Å². The second-order valence-corrected chi connectivity index (χ2v) is 6.62. The van der Waals surface area contributed by atoms with E-state index in [1.54, 1.807) is 0 Å². The second-order valence-electron chi connectivity index (χ2n) is 5.70. The normalized spacial score (nSPS) is 13.2. The van der Waals surface area contributed by atoms with Gasteiger partial charge in [-0.2, -0.15) is 0 Å². The summed E-state index contributed by atoms with van der Waals surface area (Å²) in [6.45, 7) is 7.99. The second kappa shape index (κ2) is 8.72. The number of benzene rings is 1. The van der Waals surface area contributed by atoms with Crippen LogP contribution < -0.4 is 5.32 Å². The molecule has 3 heteroatoms. The van der Waals surface area contributed by atoms with Crippen molar-refractivity contribution in [1.82, 2.24) is 10.2 Å². The van der Waals surface area contributed by atoms with Crippen LogP contribution in [0.2, 0.25) is 0 Å². The molecule has 0 amide bonds. The van der Waals surface area contributed by atoms with Gasteiger partial charge in [0.2, 0.25) is 0 Å². The van der Waals surface area contributed by atoms with Crippen LogP contribution in [0.4, 0.5) is 0 Å². The number of likely N-dealkylation sites (N-methyl/N-ethyl adjacent to an activating group) is 1. The summed E-state index contributed by atoms with van der Waals surface area (Å²) in [6, 6.07) is 8.60. The van der Waals surface area contributed by atoms with Crippen molar-refractivity contribution in [3.8, 4) is 0 Å². The molecule has 2 nitrogen and oxygen atoms in total. The lowest BCUT2D eigenvalue weighted by molar-refractivity contribution is 0.235. The summed E-state index contributed by atoms with van der Waals surface area (Å²) in [4.78, 5) is 2.45. The Kier molecular flexibility index (Phi) is 7.66. The minimum Gasteiger partial charge on any atom is -0.319 e. The Morgan fingerprint density at radius 3 is 2.63 bits per heavy atom. The highest BCUT2D eigenvalue weighted by atomic mass is 79.9. The third-order valence-electron chi connectivity index (χ3n) is 3.63. The van der Waals surface area contributed by atoms with Crippen molar-refractivity contribution in [2.45, 2.75) is 20.3 Å². The van der Waals surface area contributed by atoms with Crippen LogP contribution in [0.25, 0.3) is 0 Å². The molecule has 108 valence electrons. The summed E-state index contributed by atoms with van der Waals surface area (Å²) in [5.74, 6) is 1.44. The van der Waals surface area contributed by atoms with Crippen molar-refractivity contribution in [2.24, 2.45) is 11.8 Å². The Labute approximate surface area is 126 Å². The van der Waals surface area contributed by atoms with Gasteiger partial charge in [-0.1, -0.05) is 41.9 Å². The average molecular weight is 327 g/mol. The van der Waals surface area contributed by atoms with Crippen LogP contribution >= 0.6 is 15.9 Å². The van der Waals surface area contributed by atoms with Gasteiger partial charge in [-0.3, -0.25) is 0 Å². The van der Waals surface area contributed by atoms with Crippen molar-refractivity contribution >= 4 is 15.9 Å². The molecule has 0 saturated carbocycles. The molecule has 0 heterocycles. The van der Waals surface area contributed by atoms with Crippen molar-refractivity contribution in [1.29, 1.82) is 0 Å². The number of rotatable bonds is 8. The zero-order valence-corrected chi connectivity index (χ0v) is 14.2. The number of halogens is 1. The predicted molar refractivity (Wildman–Crippen MR) is 87.6 cm³/mol. The Bertz CT molecular complexity index is 366. The van der Waals surface area contributed by atoms with Crippen LogP contribution in [0, 0.1) is 11.8 Å². The smallest absolute Gasteiger partial charge is 0.0178 e. The number of nitrogens with one attached hydrogen (secondary N) is 1. The topological polar surface area (TPSA) is 15.3 Å². The lowest BCUT2D eigenvalue weighted by Crippen LogP contribution is -2.35. The Morgan fingerprint density at radius 1 is 1.32 bits per heavy atom. The number of nitrogens with zero attached hydrogens (tertiary/aromatic N) is 1. The summed E-state index contributed by atoms with van der Waals surface area (Å²) in [5, 5.41) is 3.30. The van der Waals surface area contributed by atoms with E-state index in [2.05, 4.69) is 71.3 Å². The first-order valence-corrected chi connectivity index (χ1v) is 7.89. The van der Waals surface area contributed by atoms with E-state index in [4.69, 9.17) is 0 Å². The molecule has 0 aliphatic heterocycles. The van der Waals surface area contributed by atoms with E-state index in [-0.39, 0.29) is 0 Å². The molecule has 0 aromatic heterocycles. The third-order valence-corrected chi connectivity index (χ3v) is 4.12. The number of hydrogen-bond donors (Lipinski definition) is 1. The quantitative estimate of drug-likeness (QED) is 0.787. The standard InChI is InChI=1S/C16H27BrN2/c1-13(2)15(11-18-3)12-19(4)9-8-14-6-5-7-16(17)10-14/h5-7,10,13,15,18H,8-9,11-12H2,1-4H3. The summed E-state index contributed by atoms with van der Waals surface area (Å²) < 4.78 is 1.17. The van der Waals surface area contributed by atoms with Crippen LogP contribution in [0.3, 0.4) is 0 Å². The average Bonchev–Trinajstić information content (AvgIpc) is 2.36. The molecule has 0 fully saturated rings. The molecule has 1 aromatic carbocycles. The maximum Gasteiger partial charge on any atom is 0.0178 e. The van der Waals surface area contributed by atoms with Crippen molar-refractivity contribution in [2.75, 3.05) is 33.7 Å². The molecular formula is C16H27BrN2. The fraction of sp³-hybridized carbons (Fsp3) is 0.625. The first-order chi connectivity index (χ1) is 9.02. The first kappa shape index (κ1) is 16.7. The van der Waals surface area contributed by atoms with Gasteiger partial charge >= 0.3 is 0 Å². The highest BCUT2D eigenvalue weighted by molar-refractivity contribution is 9.10. The summed E-state index contributed by atoms with van der Waals surface area (Å²) in [6.07, 6.45) is 1.11. The predicted octanol–water partition coefficient (Wildman–Crippen LogP) is 3.42. The molecule has 1 N–H and O–H groups in total. The van der Waals surface area contributed by atoms with Gasteiger partial charge in [0.05, 0.1) is 0 Å². The maximum absolute atomic E-state index is 3.53. The lowest BCUT2D eigenvalue weighted by Gasteiger charge is -2.26. The monoisotopic (exact) mass is 326 g/mol. The van der Waals surface area contributed by atoms with E-state index in [1.807, 2.05) is 7.05 Å². The molecule has 0 spiro atoms. The fourth-order valence-electron chi connectivity index (χ4n) is 2.28. The summed E-state index contributed by atoms with van der Waals surface area (Å²) >= 11 is 3.53. The van der Waals surface area contributed by atoms with E-state index >= 15 is 0 Å². The Balaban J connectivity index is 2.40. The van der Waals surface area contributed by atoms with Gasteiger partial charge in [-0.25, -0.2) is 0 Å². The first-order valence-electron chi connectivity index (χ1n) is 7.10. The zero-order valence-electron chi connectivity index (χ0n) is 12.6. The maximum atomic E-state index is 3.53. The van der Waals surface area contributed by atoms with Gasteiger partial charge in [0.1, 0.15) is 0 Å². The van der Waals surface area contributed by atoms with Crippen LogP contribution in [0.15, 0.2) is 28.7 Å². The molecule has 0 aliphatic rings. The summed E-state index contributed by atoms with van der Waals surface area (Å²) in [5.41, 5.74) is 1.40. The summed E-state index contributed by atoms with van der Waals surface area (Å²) in [7, 11) is 4.26. The largest absolute Gasteiger partial charge is 0.319 e. The SMILES string of the molecule is CNCC(CN(C)CCc1cccc(Br)c1)C(C)C. The van der Waals surface area contributed by atoms with E-state index < -0.39 is 0 Å². The third kappa shape index (κ3) is 6.55. The molecule has 19 heavy (non-hydrogen) atoms. The van der Waals surface area contributed by atoms with Crippen molar-refractivity contribution in [3.63, 3.8) is 0 Å². The van der Waals surface area contributed by atoms with Crippen LogP contribution in [-0.4, -0.2) is 38.6 Å². The van der Waals surface area contributed by atoms with Gasteiger partial charge in [0, 0.05) is 17.6 Å². The fourth-order valence-corrected chi connectivity index (χ4v) is 2.72. The van der Waals surface area contributed by atoms with Gasteiger partial charge in [0.25, 0.3) is 0 Å². The van der Waals surface area contributed by atoms with E-state index in [9.17, 15) is 0 Å². The van der Waals surface area contributed by atoms with E-state index in [0.29, 0.717) is 0 Å². The van der Waals surface area contributed by atoms with E-state index in [1.165, 1.54) is 10.0 Å². The van der Waals surface area contributed by atoms with Gasteiger partial charge in [0.15, 0.2) is 0 Å². The Morgan fingerprint density at radius 2 is 2.05 bits per heavy atom. The van der Waals surface area contributed by atoms with Gasteiger partial charge in [-0.15, -0.1) is 0 Å². The molecular weight excluding hydrogens is 300 g/mol. The van der Waals surface area contributed by atoms with E-state index in [0.717, 1.165) is 37.9 Å². The minimum atomic E-state index is 0.720. The van der Waals surface area contributed by atoms with Crippen LogP contribution in [0.1, 0.15) is 19.4 Å². The lowest BCUT2D eigenvalue weighted by atomic mass is 9.95. The van der Waals surface area contributed by atoms with Crippen molar-refractivity contribution in [3.05, 3.63) is 34.3 Å². The molecule has 0 aliphatic carbocycles. The number of hydrogen-bond acceptors (Lipinski definition) is 2. The highest BCUT2D eigenvalue weighted by Gasteiger charge is 2.14. The van der Waals surface area contributed by atoms with Gasteiger partial charge in [-0.05, 0) is 56.6 Å². The molecule has 0 bridgehead atoms. The molecule has 0 saturated heterocycles. The van der Waals surface area contributed by atoms with Crippen molar-refractivity contribution < 1.29 is 0 Å². The highest BCUT2D eigenvalue weighted by Crippen LogP contribution is 2.14. The molecule has 0 radical (unpaired) electrons. The molecule has 1 rings (SSSR count).